The molecule has 1 aromatic carbocycles. The molecule has 3 aromatic heterocycles. The fourth-order valence-electron chi connectivity index (χ4n) is 2.68. The second kappa shape index (κ2) is 7.13. The summed E-state index contributed by atoms with van der Waals surface area (Å²) in [6, 6.07) is 9.01. The number of fused-ring (bicyclic) bond motifs is 1. The van der Waals surface area contributed by atoms with Crippen molar-refractivity contribution in [3.05, 3.63) is 62.9 Å². The van der Waals surface area contributed by atoms with Crippen LogP contribution in [0.3, 0.4) is 0 Å². The number of aryl methyl sites for hydroxylation is 2. The second-order valence-corrected chi connectivity index (χ2v) is 7.35. The van der Waals surface area contributed by atoms with E-state index in [0.717, 1.165) is 16.8 Å². The molecule has 0 unspecified atom stereocenters. The van der Waals surface area contributed by atoms with E-state index in [9.17, 15) is 4.79 Å². The number of aromatic nitrogens is 5. The fourth-order valence-corrected chi connectivity index (χ4v) is 3.50. The van der Waals surface area contributed by atoms with Crippen LogP contribution >= 0.6 is 23.4 Å². The largest absolute Gasteiger partial charge is 0.420 e. The van der Waals surface area contributed by atoms with Crippen molar-refractivity contribution in [2.24, 2.45) is 0 Å². The van der Waals surface area contributed by atoms with Crippen molar-refractivity contribution in [1.29, 1.82) is 0 Å². The van der Waals surface area contributed by atoms with Gasteiger partial charge in [-0.15, -0.1) is 10.2 Å². The van der Waals surface area contributed by atoms with Crippen LogP contribution in [0.2, 0.25) is 5.02 Å². The number of hydrogen-bond donors (Lipinski definition) is 1. The molecule has 0 fully saturated rings. The molecule has 0 amide bonds. The molecular weight excluding hydrogens is 386 g/mol. The van der Waals surface area contributed by atoms with Crippen LogP contribution in [0.4, 0.5) is 0 Å². The van der Waals surface area contributed by atoms with Crippen LogP contribution in [0, 0.1) is 13.8 Å². The van der Waals surface area contributed by atoms with Gasteiger partial charge < -0.3 is 9.40 Å². The van der Waals surface area contributed by atoms with Crippen LogP contribution in [0.25, 0.3) is 22.5 Å². The van der Waals surface area contributed by atoms with Gasteiger partial charge in [-0.2, -0.15) is 0 Å². The van der Waals surface area contributed by atoms with Crippen LogP contribution in [-0.4, -0.2) is 25.1 Å². The first kappa shape index (κ1) is 17.7. The van der Waals surface area contributed by atoms with E-state index in [0.29, 0.717) is 38.7 Å². The molecule has 27 heavy (non-hydrogen) atoms. The van der Waals surface area contributed by atoms with Gasteiger partial charge in [0.05, 0.1) is 11.1 Å². The second-order valence-electron chi connectivity index (χ2n) is 5.95. The molecular formula is C18H14ClN5O2S. The van der Waals surface area contributed by atoms with Crippen molar-refractivity contribution in [1.82, 2.24) is 25.1 Å². The maximum absolute atomic E-state index is 12.3. The smallest absolute Gasteiger partial charge is 0.261 e. The van der Waals surface area contributed by atoms with Crippen molar-refractivity contribution >= 4 is 34.4 Å². The minimum Gasteiger partial charge on any atom is -0.420 e. The van der Waals surface area contributed by atoms with Gasteiger partial charge >= 0.3 is 0 Å². The van der Waals surface area contributed by atoms with Gasteiger partial charge in [-0.05, 0) is 49.7 Å². The van der Waals surface area contributed by atoms with E-state index in [1.54, 1.807) is 12.1 Å². The highest BCUT2D eigenvalue weighted by molar-refractivity contribution is 7.98. The van der Waals surface area contributed by atoms with Gasteiger partial charge in [-0.25, -0.2) is 9.97 Å². The predicted octanol–water partition coefficient (Wildman–Crippen LogP) is 3.93. The van der Waals surface area contributed by atoms with Crippen molar-refractivity contribution in [3.63, 3.8) is 0 Å². The quantitative estimate of drug-likeness (QED) is 0.410. The van der Waals surface area contributed by atoms with Crippen LogP contribution in [-0.2, 0) is 5.75 Å². The van der Waals surface area contributed by atoms with Gasteiger partial charge in [0.25, 0.3) is 5.56 Å². The molecule has 7 nitrogen and oxygen atoms in total. The number of hydrogen-bond acceptors (Lipinski definition) is 7. The van der Waals surface area contributed by atoms with Crippen molar-refractivity contribution in [2.75, 3.05) is 0 Å². The average molecular weight is 400 g/mol. The zero-order valence-corrected chi connectivity index (χ0v) is 16.1. The SMILES string of the molecule is Cc1cc(C)c2c(=O)[nH]c(SCc3nnc(-c4ccc(Cl)cc4)o3)nc2n1. The van der Waals surface area contributed by atoms with Gasteiger partial charge in [0.15, 0.2) is 10.8 Å². The third-order valence-electron chi connectivity index (χ3n) is 3.87. The van der Waals surface area contributed by atoms with Crippen LogP contribution in [0.1, 0.15) is 17.1 Å². The normalized spacial score (nSPS) is 11.2. The Hall–Kier alpha value is -2.71. The number of rotatable bonds is 4. The molecule has 3 heterocycles. The Kier molecular flexibility index (Phi) is 4.67. The lowest BCUT2D eigenvalue weighted by Gasteiger charge is -2.04. The molecule has 0 radical (unpaired) electrons. The summed E-state index contributed by atoms with van der Waals surface area (Å²) in [6.45, 7) is 3.75. The summed E-state index contributed by atoms with van der Waals surface area (Å²) in [5, 5.41) is 9.68. The van der Waals surface area contributed by atoms with Crippen molar-refractivity contribution in [2.45, 2.75) is 24.8 Å². The lowest BCUT2D eigenvalue weighted by Crippen LogP contribution is -2.12. The molecule has 0 atom stereocenters. The third kappa shape index (κ3) is 3.72. The fraction of sp³-hybridized carbons (Fsp3) is 0.167. The molecule has 0 aliphatic carbocycles. The minimum atomic E-state index is -0.208. The zero-order valence-electron chi connectivity index (χ0n) is 14.5. The Balaban J connectivity index is 1.55. The maximum Gasteiger partial charge on any atom is 0.261 e. The maximum atomic E-state index is 12.3. The summed E-state index contributed by atoms with van der Waals surface area (Å²) in [7, 11) is 0. The summed E-state index contributed by atoms with van der Waals surface area (Å²) in [5.41, 5.74) is 2.69. The van der Waals surface area contributed by atoms with E-state index in [1.807, 2.05) is 32.0 Å². The number of thioether (sulfide) groups is 1. The number of aromatic amines is 1. The summed E-state index contributed by atoms with van der Waals surface area (Å²) in [4.78, 5) is 23.9. The van der Waals surface area contributed by atoms with Crippen LogP contribution in [0.15, 0.2) is 44.7 Å². The van der Waals surface area contributed by atoms with Crippen molar-refractivity contribution < 1.29 is 4.42 Å². The van der Waals surface area contributed by atoms with Gasteiger partial charge in [0, 0.05) is 16.3 Å². The number of pyridine rings is 1. The topological polar surface area (TPSA) is 97.6 Å². The van der Waals surface area contributed by atoms with Gasteiger partial charge in [0.2, 0.25) is 11.8 Å². The third-order valence-corrected chi connectivity index (χ3v) is 4.98. The molecule has 1 N–H and O–H groups in total. The van der Waals surface area contributed by atoms with Crippen molar-refractivity contribution in [3.8, 4) is 11.5 Å². The Morgan fingerprint density at radius 2 is 1.93 bits per heavy atom. The van der Waals surface area contributed by atoms with E-state index in [4.69, 9.17) is 16.0 Å². The molecule has 0 saturated carbocycles. The summed E-state index contributed by atoms with van der Waals surface area (Å²) in [5.74, 6) is 1.22. The first-order valence-corrected chi connectivity index (χ1v) is 9.45. The molecule has 4 rings (SSSR count). The van der Waals surface area contributed by atoms with Gasteiger partial charge in [-0.1, -0.05) is 23.4 Å². The Labute approximate surface area is 163 Å². The molecule has 0 spiro atoms. The highest BCUT2D eigenvalue weighted by atomic mass is 35.5. The molecule has 0 aliphatic rings. The number of nitrogens with one attached hydrogen (secondary N) is 1. The Bertz CT molecular complexity index is 1190. The standard InChI is InChI=1S/C18H14ClN5O2S/c1-9-7-10(2)20-15-14(9)16(25)22-18(21-15)27-8-13-23-24-17(26-13)11-3-5-12(19)6-4-11/h3-7H,8H2,1-2H3,(H,20,21,22,25). The van der Waals surface area contributed by atoms with Gasteiger partial charge in [-0.3, -0.25) is 4.79 Å². The van der Waals surface area contributed by atoms with E-state index < -0.39 is 0 Å². The molecule has 9 heteroatoms. The Morgan fingerprint density at radius 3 is 2.70 bits per heavy atom. The van der Waals surface area contributed by atoms with Gasteiger partial charge in [0.1, 0.15) is 0 Å². The average Bonchev–Trinajstić information content (AvgIpc) is 3.08. The monoisotopic (exact) mass is 399 g/mol. The van der Waals surface area contributed by atoms with Crippen LogP contribution in [0.5, 0.6) is 0 Å². The van der Waals surface area contributed by atoms with E-state index in [2.05, 4.69) is 25.1 Å². The number of halogens is 1. The lowest BCUT2D eigenvalue weighted by molar-refractivity contribution is 0.528. The summed E-state index contributed by atoms with van der Waals surface area (Å²) >= 11 is 7.19. The summed E-state index contributed by atoms with van der Waals surface area (Å²) < 4.78 is 5.67. The number of H-pyrrole nitrogens is 1. The summed E-state index contributed by atoms with van der Waals surface area (Å²) in [6.07, 6.45) is 0. The highest BCUT2D eigenvalue weighted by Crippen LogP contribution is 2.24. The van der Waals surface area contributed by atoms with E-state index in [1.165, 1.54) is 11.8 Å². The first-order valence-electron chi connectivity index (χ1n) is 8.09. The van der Waals surface area contributed by atoms with E-state index in [-0.39, 0.29) is 5.56 Å². The minimum absolute atomic E-state index is 0.208. The molecule has 0 aliphatic heterocycles. The first-order chi connectivity index (χ1) is 13.0. The van der Waals surface area contributed by atoms with Crippen LogP contribution < -0.4 is 5.56 Å². The number of benzene rings is 1. The lowest BCUT2D eigenvalue weighted by atomic mass is 10.2. The highest BCUT2D eigenvalue weighted by Gasteiger charge is 2.12. The zero-order chi connectivity index (χ0) is 19.0. The molecule has 136 valence electrons. The molecule has 4 aromatic rings. The van der Waals surface area contributed by atoms with E-state index >= 15 is 0 Å². The molecule has 0 saturated heterocycles. The predicted molar refractivity (Wildman–Crippen MR) is 104 cm³/mol. The number of nitrogens with zero attached hydrogens (tertiary/aromatic N) is 4. The Morgan fingerprint density at radius 1 is 1.15 bits per heavy atom. The molecule has 0 bridgehead atoms.